The van der Waals surface area contributed by atoms with Crippen molar-refractivity contribution in [1.82, 2.24) is 10.6 Å². The average Bonchev–Trinajstić information content (AvgIpc) is 2.78. The zero-order valence-electron chi connectivity index (χ0n) is 27.0. The van der Waals surface area contributed by atoms with Gasteiger partial charge in [-0.2, -0.15) is 0 Å². The molecule has 2 fully saturated rings. The van der Waals surface area contributed by atoms with Crippen molar-refractivity contribution in [3.8, 4) is 0 Å². The lowest BCUT2D eigenvalue weighted by atomic mass is 9.71. The summed E-state index contributed by atoms with van der Waals surface area (Å²) in [4.78, 5) is 25.3. The lowest BCUT2D eigenvalue weighted by Gasteiger charge is -2.51. The molecule has 4 unspecified atom stereocenters. The highest BCUT2D eigenvalue weighted by Gasteiger charge is 2.47. The van der Waals surface area contributed by atoms with E-state index >= 15 is 0 Å². The number of carbonyl (C=O) groups excluding carboxylic acids is 2. The third-order valence-electron chi connectivity index (χ3n) is 8.91. The highest BCUT2D eigenvalue weighted by molar-refractivity contribution is 5.70. The SMILES string of the molecule is C=CCC1C(OC(=O)CCCCCCCCC(=O)OC2CC(C)(C)NC(C)(C)C2CC=C)CC(C)(C)NC1(C)C. The van der Waals surface area contributed by atoms with Crippen molar-refractivity contribution < 1.29 is 19.1 Å². The predicted molar refractivity (Wildman–Crippen MR) is 165 cm³/mol. The highest BCUT2D eigenvalue weighted by Crippen LogP contribution is 2.39. The summed E-state index contributed by atoms with van der Waals surface area (Å²) < 4.78 is 12.0. The van der Waals surface area contributed by atoms with Crippen LogP contribution in [-0.2, 0) is 19.1 Å². The molecule has 0 aliphatic carbocycles. The minimum Gasteiger partial charge on any atom is -0.462 e. The molecule has 2 heterocycles. The first kappa shape index (κ1) is 34.5. The van der Waals surface area contributed by atoms with Gasteiger partial charge in [0.25, 0.3) is 0 Å². The topological polar surface area (TPSA) is 76.7 Å². The second kappa shape index (κ2) is 14.5. The molecule has 0 spiro atoms. The van der Waals surface area contributed by atoms with Gasteiger partial charge in [-0.05, 0) is 81.1 Å². The van der Waals surface area contributed by atoms with Crippen LogP contribution in [-0.4, -0.2) is 46.3 Å². The van der Waals surface area contributed by atoms with Crippen molar-refractivity contribution >= 4 is 11.9 Å². The smallest absolute Gasteiger partial charge is 0.306 e. The fourth-order valence-electron chi connectivity index (χ4n) is 7.45. The minimum atomic E-state index is -0.124. The number of rotatable bonds is 15. The van der Waals surface area contributed by atoms with Gasteiger partial charge < -0.3 is 20.1 Å². The van der Waals surface area contributed by atoms with Gasteiger partial charge in [0.1, 0.15) is 12.2 Å². The third kappa shape index (κ3) is 10.6. The first-order valence-electron chi connectivity index (χ1n) is 15.7. The number of esters is 2. The fourth-order valence-corrected chi connectivity index (χ4v) is 7.45. The molecule has 2 aliphatic rings. The maximum Gasteiger partial charge on any atom is 0.306 e. The summed E-state index contributed by atoms with van der Waals surface area (Å²) in [6, 6.07) is 0. The van der Waals surface area contributed by atoms with Crippen LogP contribution in [0.4, 0.5) is 0 Å². The van der Waals surface area contributed by atoms with Crippen LogP contribution in [0, 0.1) is 11.8 Å². The molecule has 230 valence electrons. The number of hydrogen-bond donors (Lipinski definition) is 2. The molecule has 0 bridgehead atoms. The van der Waals surface area contributed by atoms with Gasteiger partial charge >= 0.3 is 11.9 Å². The molecule has 2 saturated heterocycles. The Hall–Kier alpha value is -1.66. The lowest BCUT2D eigenvalue weighted by molar-refractivity contribution is -0.159. The number of piperidine rings is 2. The largest absolute Gasteiger partial charge is 0.462 e. The second-order valence-electron chi connectivity index (χ2n) is 14.8. The van der Waals surface area contributed by atoms with E-state index in [1.54, 1.807) is 0 Å². The first-order chi connectivity index (χ1) is 18.5. The molecule has 4 atom stereocenters. The Morgan fingerprint density at radius 1 is 0.650 bits per heavy atom. The number of carbonyl (C=O) groups is 2. The summed E-state index contributed by atoms with van der Waals surface area (Å²) in [5.74, 6) is 0.257. The Morgan fingerprint density at radius 2 is 0.975 bits per heavy atom. The maximum absolute atomic E-state index is 12.7. The minimum absolute atomic E-state index is 0.0768. The average molecular weight is 561 g/mol. The first-order valence-corrected chi connectivity index (χ1v) is 15.7. The number of ether oxygens (including phenoxy) is 2. The van der Waals surface area contributed by atoms with Crippen molar-refractivity contribution in [1.29, 1.82) is 0 Å². The Morgan fingerprint density at radius 3 is 1.30 bits per heavy atom. The van der Waals surface area contributed by atoms with E-state index in [-0.39, 0.29) is 58.1 Å². The van der Waals surface area contributed by atoms with Crippen LogP contribution in [0.2, 0.25) is 0 Å². The van der Waals surface area contributed by atoms with Crippen molar-refractivity contribution in [3.63, 3.8) is 0 Å². The summed E-state index contributed by atoms with van der Waals surface area (Å²) in [6.07, 6.45) is 13.7. The van der Waals surface area contributed by atoms with Crippen LogP contribution >= 0.6 is 0 Å². The molecule has 2 rings (SSSR count). The van der Waals surface area contributed by atoms with Crippen LogP contribution in [0.15, 0.2) is 25.3 Å². The quantitative estimate of drug-likeness (QED) is 0.123. The summed E-state index contributed by atoms with van der Waals surface area (Å²) in [5.41, 5.74) is -0.401. The monoisotopic (exact) mass is 560 g/mol. The number of hydrogen-bond acceptors (Lipinski definition) is 6. The lowest BCUT2D eigenvalue weighted by Crippen LogP contribution is -2.65. The van der Waals surface area contributed by atoms with Crippen LogP contribution in [0.1, 0.15) is 132 Å². The molecule has 2 aliphatic heterocycles. The summed E-state index contributed by atoms with van der Waals surface area (Å²) in [6.45, 7) is 25.3. The van der Waals surface area contributed by atoms with Gasteiger partial charge in [0.05, 0.1) is 0 Å². The normalized spacial score (nSPS) is 28.3. The van der Waals surface area contributed by atoms with Gasteiger partial charge in [-0.15, -0.1) is 13.2 Å². The summed E-state index contributed by atoms with van der Waals surface area (Å²) in [7, 11) is 0. The summed E-state index contributed by atoms with van der Waals surface area (Å²) >= 11 is 0. The van der Waals surface area contributed by atoms with E-state index in [1.165, 1.54) is 0 Å². The molecule has 40 heavy (non-hydrogen) atoms. The van der Waals surface area contributed by atoms with Gasteiger partial charge in [0.15, 0.2) is 0 Å². The number of allylic oxidation sites excluding steroid dienone is 2. The molecule has 0 aromatic rings. The maximum atomic E-state index is 12.7. The molecular formula is C34H60N2O4. The van der Waals surface area contributed by atoms with Gasteiger partial charge in [-0.3, -0.25) is 9.59 Å². The van der Waals surface area contributed by atoms with Crippen LogP contribution in [0.5, 0.6) is 0 Å². The van der Waals surface area contributed by atoms with Crippen molar-refractivity contribution in [2.24, 2.45) is 11.8 Å². The molecule has 6 heteroatoms. The van der Waals surface area contributed by atoms with Crippen molar-refractivity contribution in [2.45, 2.75) is 167 Å². The van der Waals surface area contributed by atoms with E-state index in [0.29, 0.717) is 12.8 Å². The van der Waals surface area contributed by atoms with E-state index in [4.69, 9.17) is 9.47 Å². The Balaban J connectivity index is 1.65. The second-order valence-corrected chi connectivity index (χ2v) is 14.8. The highest BCUT2D eigenvalue weighted by atomic mass is 16.5. The van der Waals surface area contributed by atoms with Crippen LogP contribution in [0.3, 0.4) is 0 Å². The zero-order valence-corrected chi connectivity index (χ0v) is 27.0. The predicted octanol–water partition coefficient (Wildman–Crippen LogP) is 7.42. The molecule has 0 amide bonds. The zero-order chi connectivity index (χ0) is 30.2. The van der Waals surface area contributed by atoms with Gasteiger partial charge in [0, 0.05) is 59.7 Å². The van der Waals surface area contributed by atoms with Gasteiger partial charge in [-0.1, -0.05) is 37.8 Å². The van der Waals surface area contributed by atoms with Gasteiger partial charge in [0.2, 0.25) is 0 Å². The molecule has 2 N–H and O–H groups in total. The number of nitrogens with one attached hydrogen (secondary N) is 2. The van der Waals surface area contributed by atoms with E-state index < -0.39 is 0 Å². The summed E-state index contributed by atoms with van der Waals surface area (Å²) in [5, 5.41) is 7.43. The van der Waals surface area contributed by atoms with E-state index in [0.717, 1.165) is 64.2 Å². The van der Waals surface area contributed by atoms with Crippen LogP contribution < -0.4 is 10.6 Å². The van der Waals surface area contributed by atoms with E-state index in [9.17, 15) is 9.59 Å². The van der Waals surface area contributed by atoms with Crippen molar-refractivity contribution in [2.75, 3.05) is 0 Å². The van der Waals surface area contributed by atoms with E-state index in [1.807, 2.05) is 12.2 Å². The Labute approximate surface area is 245 Å². The Bertz CT molecular complexity index is 790. The van der Waals surface area contributed by atoms with Crippen molar-refractivity contribution in [3.05, 3.63) is 25.3 Å². The molecular weight excluding hydrogens is 500 g/mol. The molecule has 6 nitrogen and oxygen atoms in total. The number of unbranched alkanes of at least 4 members (excludes halogenated alkanes) is 5. The molecule has 0 aromatic heterocycles. The Kier molecular flexibility index (Phi) is 12.5. The molecule has 0 radical (unpaired) electrons. The molecule has 0 aromatic carbocycles. The van der Waals surface area contributed by atoms with Crippen LogP contribution in [0.25, 0.3) is 0 Å². The van der Waals surface area contributed by atoms with Gasteiger partial charge in [-0.25, -0.2) is 0 Å². The standard InChI is InChI=1S/C34H60N2O4/c1-11-19-25-27(23-31(3,4)35-33(25,7)8)39-29(37)21-17-15-13-14-16-18-22-30(38)40-28-24-32(5,6)36-34(9,10)26(28)20-12-2/h11-12,25-28,35-36H,1-2,13-24H2,3-10H3. The third-order valence-corrected chi connectivity index (χ3v) is 8.91. The molecule has 0 saturated carbocycles. The van der Waals surface area contributed by atoms with E-state index in [2.05, 4.69) is 79.2 Å². The fraction of sp³-hybridized carbons (Fsp3) is 0.824.